The lowest BCUT2D eigenvalue weighted by atomic mass is 9.58. The van der Waals surface area contributed by atoms with Gasteiger partial charge in [-0.25, -0.2) is 14.5 Å². The van der Waals surface area contributed by atoms with Gasteiger partial charge in [-0.15, -0.1) is 0 Å². The van der Waals surface area contributed by atoms with Crippen LogP contribution in [0.2, 0.25) is 0 Å². The van der Waals surface area contributed by atoms with Crippen LogP contribution < -0.4 is 0 Å². The highest BCUT2D eigenvalue weighted by Gasteiger charge is 2.50. The third kappa shape index (κ3) is 2.99. The maximum Gasteiger partial charge on any atom is 0.226 e. The molecule has 0 saturated heterocycles. The van der Waals surface area contributed by atoms with Crippen molar-refractivity contribution in [2.45, 2.75) is 50.9 Å². The van der Waals surface area contributed by atoms with Gasteiger partial charge in [0.05, 0.1) is 18.0 Å². The first-order chi connectivity index (χ1) is 16.0. The second kappa shape index (κ2) is 7.21. The number of Topliss-reactive ketones (excluding diaryl/α,β-unsaturated/α-hetero) is 1. The average Bonchev–Trinajstić information content (AvgIpc) is 3.62. The van der Waals surface area contributed by atoms with Crippen molar-refractivity contribution in [1.82, 2.24) is 19.7 Å². The molecule has 3 aromatic heterocycles. The van der Waals surface area contributed by atoms with Gasteiger partial charge in [-0.3, -0.25) is 4.98 Å². The molecule has 3 aromatic rings. The standard InChI is InChI=1S/C27H25N5O/c1-16-20-11-10-19-24(21-6-4-5-13-29-21)31-32(23-12-9-18(15-30-23)17-7-8-17)26(19)27(20,2)14-22(28-3)25(16)33/h4-6,9,12-17,20H,7-8,10-11H2,1-2H3/t16-,20-,27-/m1/s1. The molecule has 0 N–H and O–H groups in total. The summed E-state index contributed by atoms with van der Waals surface area (Å²) in [6, 6.07) is 10.1. The van der Waals surface area contributed by atoms with Crippen molar-refractivity contribution < 1.29 is 4.79 Å². The molecule has 0 spiro atoms. The molecule has 0 aromatic carbocycles. The summed E-state index contributed by atoms with van der Waals surface area (Å²) in [4.78, 5) is 25.8. The van der Waals surface area contributed by atoms with E-state index in [0.717, 1.165) is 41.3 Å². The molecule has 164 valence electrons. The van der Waals surface area contributed by atoms with Crippen molar-refractivity contribution in [1.29, 1.82) is 0 Å². The molecule has 0 bridgehead atoms. The molecule has 0 radical (unpaired) electrons. The monoisotopic (exact) mass is 435 g/mol. The van der Waals surface area contributed by atoms with E-state index in [-0.39, 0.29) is 23.3 Å². The molecule has 3 aliphatic rings. The van der Waals surface area contributed by atoms with Crippen molar-refractivity contribution in [2.75, 3.05) is 0 Å². The molecule has 1 saturated carbocycles. The third-order valence-corrected chi connectivity index (χ3v) is 7.74. The van der Waals surface area contributed by atoms with Crippen LogP contribution in [0.15, 0.2) is 54.5 Å². The molecule has 6 nitrogen and oxygen atoms in total. The molecular formula is C27H25N5O. The van der Waals surface area contributed by atoms with Crippen LogP contribution in [0.4, 0.5) is 0 Å². The Morgan fingerprint density at radius 3 is 2.67 bits per heavy atom. The minimum atomic E-state index is -0.488. The van der Waals surface area contributed by atoms with E-state index in [1.54, 1.807) is 6.20 Å². The van der Waals surface area contributed by atoms with E-state index in [0.29, 0.717) is 5.92 Å². The Balaban J connectivity index is 1.60. The predicted octanol–water partition coefficient (Wildman–Crippen LogP) is 5.05. The number of ketones is 1. The van der Waals surface area contributed by atoms with Gasteiger partial charge in [-0.2, -0.15) is 5.10 Å². The minimum Gasteiger partial charge on any atom is -0.308 e. The van der Waals surface area contributed by atoms with Gasteiger partial charge in [-0.05, 0) is 61.3 Å². The summed E-state index contributed by atoms with van der Waals surface area (Å²) in [7, 11) is 0. The lowest BCUT2D eigenvalue weighted by molar-refractivity contribution is -0.121. The number of carbonyl (C=O) groups excluding carboxylic acids is 1. The van der Waals surface area contributed by atoms with Gasteiger partial charge in [0.25, 0.3) is 0 Å². The summed E-state index contributed by atoms with van der Waals surface area (Å²) in [5.74, 6) is 1.27. The van der Waals surface area contributed by atoms with Crippen molar-refractivity contribution >= 4 is 5.78 Å². The fraction of sp³-hybridized carbons (Fsp3) is 0.370. The van der Waals surface area contributed by atoms with Crippen LogP contribution in [0.5, 0.6) is 0 Å². The van der Waals surface area contributed by atoms with Crippen LogP contribution in [-0.2, 0) is 16.6 Å². The van der Waals surface area contributed by atoms with Gasteiger partial charge in [-0.1, -0.05) is 32.1 Å². The van der Waals surface area contributed by atoms with Gasteiger partial charge < -0.3 is 4.79 Å². The summed E-state index contributed by atoms with van der Waals surface area (Å²) >= 11 is 0. The number of pyridine rings is 2. The largest absolute Gasteiger partial charge is 0.308 e. The van der Waals surface area contributed by atoms with E-state index in [1.165, 1.54) is 18.4 Å². The van der Waals surface area contributed by atoms with Crippen LogP contribution in [0.3, 0.4) is 0 Å². The maximum absolute atomic E-state index is 12.8. The molecule has 3 atom stereocenters. The second-order valence-electron chi connectivity index (χ2n) is 9.75. The smallest absolute Gasteiger partial charge is 0.226 e. The zero-order valence-corrected chi connectivity index (χ0v) is 18.8. The molecule has 6 heteroatoms. The maximum atomic E-state index is 12.8. The average molecular weight is 436 g/mol. The van der Waals surface area contributed by atoms with Crippen LogP contribution >= 0.6 is 0 Å². The Hall–Kier alpha value is -3.59. The van der Waals surface area contributed by atoms with Crippen molar-refractivity contribution in [3.05, 3.63) is 82.7 Å². The lowest BCUT2D eigenvalue weighted by Gasteiger charge is -2.45. The van der Waals surface area contributed by atoms with Gasteiger partial charge in [0, 0.05) is 29.3 Å². The van der Waals surface area contributed by atoms with E-state index in [4.69, 9.17) is 16.7 Å². The molecule has 0 unspecified atom stereocenters. The van der Waals surface area contributed by atoms with E-state index in [2.05, 4.69) is 22.8 Å². The van der Waals surface area contributed by atoms with Crippen LogP contribution in [0.1, 0.15) is 55.8 Å². The summed E-state index contributed by atoms with van der Waals surface area (Å²) in [6.45, 7) is 11.7. The zero-order chi connectivity index (χ0) is 22.7. The molecule has 6 rings (SSSR count). The highest BCUT2D eigenvalue weighted by molar-refractivity contribution is 6.00. The Morgan fingerprint density at radius 1 is 1.15 bits per heavy atom. The number of hydrogen-bond donors (Lipinski definition) is 0. The van der Waals surface area contributed by atoms with Gasteiger partial charge >= 0.3 is 0 Å². The van der Waals surface area contributed by atoms with Gasteiger partial charge in [0.2, 0.25) is 5.70 Å². The van der Waals surface area contributed by atoms with Crippen molar-refractivity contribution in [2.24, 2.45) is 11.8 Å². The topological polar surface area (TPSA) is 65.0 Å². The molecule has 3 heterocycles. The van der Waals surface area contributed by atoms with E-state index >= 15 is 0 Å². The molecule has 1 fully saturated rings. The van der Waals surface area contributed by atoms with Gasteiger partial charge in [0.15, 0.2) is 11.6 Å². The number of hydrogen-bond acceptors (Lipinski definition) is 4. The Kier molecular flexibility index (Phi) is 4.38. The highest BCUT2D eigenvalue weighted by atomic mass is 16.1. The third-order valence-electron chi connectivity index (χ3n) is 7.74. The fourth-order valence-electron chi connectivity index (χ4n) is 5.87. The molecular weight excluding hydrogens is 410 g/mol. The second-order valence-corrected chi connectivity index (χ2v) is 9.75. The number of nitrogens with zero attached hydrogens (tertiary/aromatic N) is 5. The molecule has 0 aliphatic heterocycles. The Labute approximate surface area is 193 Å². The Bertz CT molecular complexity index is 1330. The molecule has 33 heavy (non-hydrogen) atoms. The quantitative estimate of drug-likeness (QED) is 0.540. The predicted molar refractivity (Wildman–Crippen MR) is 125 cm³/mol. The normalized spacial score (nSPS) is 26.2. The summed E-state index contributed by atoms with van der Waals surface area (Å²) < 4.78 is 1.95. The number of aromatic nitrogens is 4. The first-order valence-corrected chi connectivity index (χ1v) is 11.7. The lowest BCUT2D eigenvalue weighted by Crippen LogP contribution is -2.46. The van der Waals surface area contributed by atoms with Crippen LogP contribution in [0, 0.1) is 18.4 Å². The first kappa shape index (κ1) is 20.0. The Morgan fingerprint density at radius 2 is 2.00 bits per heavy atom. The first-order valence-electron chi connectivity index (χ1n) is 11.7. The van der Waals surface area contributed by atoms with Crippen molar-refractivity contribution in [3.63, 3.8) is 0 Å². The number of rotatable bonds is 3. The van der Waals surface area contributed by atoms with Crippen LogP contribution in [0.25, 0.3) is 22.1 Å². The number of carbonyl (C=O) groups is 1. The van der Waals surface area contributed by atoms with E-state index in [9.17, 15) is 4.79 Å². The van der Waals surface area contributed by atoms with Crippen LogP contribution in [-0.4, -0.2) is 25.5 Å². The number of allylic oxidation sites excluding steroid dienone is 2. The fourth-order valence-corrected chi connectivity index (χ4v) is 5.87. The minimum absolute atomic E-state index is 0.0427. The summed E-state index contributed by atoms with van der Waals surface area (Å²) in [6.07, 6.45) is 9.81. The van der Waals surface area contributed by atoms with E-state index < -0.39 is 5.41 Å². The number of fused-ring (bicyclic) bond motifs is 3. The zero-order valence-electron chi connectivity index (χ0n) is 18.8. The van der Waals surface area contributed by atoms with Crippen molar-refractivity contribution in [3.8, 4) is 17.2 Å². The molecule has 0 amide bonds. The highest BCUT2D eigenvalue weighted by Crippen LogP contribution is 2.52. The SMILES string of the molecule is [C-]#[N+]C1=C[C@@]2(C)c3c(c(-c4ccccn4)nn3-c3ccc(C4CC4)cn3)CC[C@@H]2[C@@H](C)C1=O. The van der Waals surface area contributed by atoms with Gasteiger partial charge in [0.1, 0.15) is 5.69 Å². The molecule has 3 aliphatic carbocycles. The summed E-state index contributed by atoms with van der Waals surface area (Å²) in [5, 5.41) is 5.05. The van der Waals surface area contributed by atoms with E-state index in [1.807, 2.05) is 48.1 Å². The summed E-state index contributed by atoms with van der Waals surface area (Å²) in [5.41, 5.74) is 4.89.